The molecule has 0 spiro atoms. The highest BCUT2D eigenvalue weighted by molar-refractivity contribution is 5.86. The zero-order chi connectivity index (χ0) is 25.1. The van der Waals surface area contributed by atoms with Gasteiger partial charge in [0, 0.05) is 18.5 Å². The van der Waals surface area contributed by atoms with Crippen molar-refractivity contribution >= 4 is 18.0 Å². The number of carboxylic acids is 1. The highest BCUT2D eigenvalue weighted by atomic mass is 16.5. The monoisotopic (exact) mass is 478 g/mol. The van der Waals surface area contributed by atoms with E-state index in [-0.39, 0.29) is 30.4 Å². The minimum atomic E-state index is -0.820. The molecular formula is C28H34N2O5. The Labute approximate surface area is 206 Å². The average Bonchev–Trinajstić information content (AvgIpc) is 3.15. The number of aliphatic carboxylic acids is 1. The molecule has 2 amide bonds. The number of rotatable bonds is 7. The van der Waals surface area contributed by atoms with Gasteiger partial charge in [-0.3, -0.25) is 9.59 Å². The first-order valence-corrected chi connectivity index (χ1v) is 12.4. The summed E-state index contributed by atoms with van der Waals surface area (Å²) in [5, 5.41) is 12.1. The Morgan fingerprint density at radius 2 is 1.66 bits per heavy atom. The number of carbonyl (C=O) groups excluding carboxylic acids is 2. The summed E-state index contributed by atoms with van der Waals surface area (Å²) in [6.07, 6.45) is 0.707. The summed E-state index contributed by atoms with van der Waals surface area (Å²) in [6, 6.07) is 15.4. The van der Waals surface area contributed by atoms with Crippen molar-refractivity contribution in [2.45, 2.75) is 58.0 Å². The molecule has 1 aliphatic heterocycles. The highest BCUT2D eigenvalue weighted by Gasteiger charge is 2.36. The molecule has 3 atom stereocenters. The van der Waals surface area contributed by atoms with Crippen LogP contribution in [0.1, 0.15) is 57.1 Å². The van der Waals surface area contributed by atoms with Crippen molar-refractivity contribution in [1.82, 2.24) is 10.2 Å². The predicted molar refractivity (Wildman–Crippen MR) is 133 cm³/mol. The van der Waals surface area contributed by atoms with Crippen LogP contribution in [0.3, 0.4) is 0 Å². The van der Waals surface area contributed by atoms with Crippen molar-refractivity contribution in [1.29, 1.82) is 0 Å². The standard InChI is InChI=1S/C28H34N2O5/c1-17(2)14-25(26(31)30-13-12-19(27(32)33)15-18(30)3)29-28(34)35-16-24-22-10-6-4-8-20(22)21-9-5-7-11-23(21)24/h4-11,17-19,24-25H,12-16H2,1-3H3,(H,29,34)(H,32,33)/t18?,19?,25-/m0/s1. The number of ether oxygens (including phenoxy) is 1. The van der Waals surface area contributed by atoms with Gasteiger partial charge in [-0.15, -0.1) is 0 Å². The normalized spacial score (nSPS) is 20.2. The van der Waals surface area contributed by atoms with Crippen molar-refractivity contribution in [3.05, 3.63) is 59.7 Å². The number of carbonyl (C=O) groups is 3. The minimum Gasteiger partial charge on any atom is -0.481 e. The third kappa shape index (κ3) is 5.34. The molecule has 0 aromatic heterocycles. The molecule has 2 unspecified atom stereocenters. The van der Waals surface area contributed by atoms with Crippen LogP contribution >= 0.6 is 0 Å². The van der Waals surface area contributed by atoms with Gasteiger partial charge in [0.2, 0.25) is 5.91 Å². The lowest BCUT2D eigenvalue weighted by Gasteiger charge is -2.38. The Kier molecular flexibility index (Phi) is 7.43. The number of fused-ring (bicyclic) bond motifs is 3. The van der Waals surface area contributed by atoms with Crippen LogP contribution in [0.5, 0.6) is 0 Å². The summed E-state index contributed by atoms with van der Waals surface area (Å²) in [4.78, 5) is 39.3. The number of alkyl carbamates (subject to hydrolysis) is 1. The molecular weight excluding hydrogens is 444 g/mol. The number of hydrogen-bond acceptors (Lipinski definition) is 4. The number of likely N-dealkylation sites (tertiary alicyclic amines) is 1. The molecule has 2 aromatic carbocycles. The van der Waals surface area contributed by atoms with Crippen LogP contribution in [-0.4, -0.2) is 53.2 Å². The van der Waals surface area contributed by atoms with Crippen LogP contribution in [0.15, 0.2) is 48.5 Å². The summed E-state index contributed by atoms with van der Waals surface area (Å²) in [7, 11) is 0. The molecule has 2 aromatic rings. The molecule has 0 radical (unpaired) electrons. The number of nitrogens with one attached hydrogen (secondary N) is 1. The van der Waals surface area contributed by atoms with E-state index in [4.69, 9.17) is 4.74 Å². The van der Waals surface area contributed by atoms with Gasteiger partial charge in [0.05, 0.1) is 5.92 Å². The molecule has 7 heteroatoms. The Bertz CT molecular complexity index is 1050. The van der Waals surface area contributed by atoms with Crippen molar-refractivity contribution < 1.29 is 24.2 Å². The number of amides is 2. The van der Waals surface area contributed by atoms with E-state index in [2.05, 4.69) is 29.6 Å². The van der Waals surface area contributed by atoms with Gasteiger partial charge in [-0.2, -0.15) is 0 Å². The van der Waals surface area contributed by atoms with E-state index in [0.717, 1.165) is 22.3 Å². The predicted octanol–water partition coefficient (Wildman–Crippen LogP) is 4.65. The summed E-state index contributed by atoms with van der Waals surface area (Å²) in [5.41, 5.74) is 4.57. The molecule has 186 valence electrons. The molecule has 2 aliphatic rings. The van der Waals surface area contributed by atoms with Gasteiger partial charge in [-0.05, 0) is 54.4 Å². The van der Waals surface area contributed by atoms with E-state index in [1.54, 1.807) is 4.90 Å². The average molecular weight is 479 g/mol. The zero-order valence-corrected chi connectivity index (χ0v) is 20.6. The van der Waals surface area contributed by atoms with Gasteiger partial charge in [-0.25, -0.2) is 4.79 Å². The quantitative estimate of drug-likeness (QED) is 0.604. The third-order valence-corrected chi connectivity index (χ3v) is 7.15. The summed E-state index contributed by atoms with van der Waals surface area (Å²) >= 11 is 0. The van der Waals surface area contributed by atoms with Crippen LogP contribution < -0.4 is 5.32 Å². The van der Waals surface area contributed by atoms with Crippen LogP contribution in [0.4, 0.5) is 4.79 Å². The van der Waals surface area contributed by atoms with Gasteiger partial charge < -0.3 is 20.1 Å². The zero-order valence-electron chi connectivity index (χ0n) is 20.6. The molecule has 35 heavy (non-hydrogen) atoms. The van der Waals surface area contributed by atoms with Gasteiger partial charge in [0.15, 0.2) is 0 Å². The first-order valence-electron chi connectivity index (χ1n) is 12.4. The molecule has 0 bridgehead atoms. The van der Waals surface area contributed by atoms with E-state index < -0.39 is 24.0 Å². The molecule has 4 rings (SSSR count). The first kappa shape index (κ1) is 24.8. The van der Waals surface area contributed by atoms with E-state index in [9.17, 15) is 19.5 Å². The molecule has 1 heterocycles. The van der Waals surface area contributed by atoms with Crippen molar-refractivity contribution in [2.75, 3.05) is 13.2 Å². The Morgan fingerprint density at radius 1 is 1.06 bits per heavy atom. The molecule has 1 saturated heterocycles. The molecule has 0 saturated carbocycles. The van der Waals surface area contributed by atoms with Crippen LogP contribution in [0.2, 0.25) is 0 Å². The second kappa shape index (κ2) is 10.5. The van der Waals surface area contributed by atoms with Gasteiger partial charge >= 0.3 is 12.1 Å². The maximum atomic E-state index is 13.4. The fourth-order valence-electron chi connectivity index (χ4n) is 5.40. The van der Waals surface area contributed by atoms with Crippen molar-refractivity contribution in [3.8, 4) is 11.1 Å². The lowest BCUT2D eigenvalue weighted by molar-refractivity contribution is -0.148. The number of hydrogen-bond donors (Lipinski definition) is 2. The maximum absolute atomic E-state index is 13.4. The van der Waals surface area contributed by atoms with Crippen molar-refractivity contribution in [3.63, 3.8) is 0 Å². The Morgan fingerprint density at radius 3 is 2.20 bits per heavy atom. The minimum absolute atomic E-state index is 0.0533. The smallest absolute Gasteiger partial charge is 0.407 e. The largest absolute Gasteiger partial charge is 0.481 e. The van der Waals surface area contributed by atoms with Crippen molar-refractivity contribution in [2.24, 2.45) is 11.8 Å². The maximum Gasteiger partial charge on any atom is 0.407 e. The number of benzene rings is 2. The fraction of sp³-hybridized carbons (Fsp3) is 0.464. The topological polar surface area (TPSA) is 95.9 Å². The lowest BCUT2D eigenvalue weighted by Crippen LogP contribution is -2.54. The second-order valence-electron chi connectivity index (χ2n) is 10.1. The summed E-state index contributed by atoms with van der Waals surface area (Å²) in [6.45, 7) is 6.42. The summed E-state index contributed by atoms with van der Waals surface area (Å²) in [5.74, 6) is -1.30. The van der Waals surface area contributed by atoms with Crippen LogP contribution in [0.25, 0.3) is 11.1 Å². The number of carboxylic acid groups (broad SMARTS) is 1. The van der Waals surface area contributed by atoms with Crippen LogP contribution in [0, 0.1) is 11.8 Å². The van der Waals surface area contributed by atoms with Crippen LogP contribution in [-0.2, 0) is 14.3 Å². The van der Waals surface area contributed by atoms with E-state index in [0.29, 0.717) is 25.8 Å². The van der Waals surface area contributed by atoms with E-state index in [1.165, 1.54) is 0 Å². The number of nitrogens with zero attached hydrogens (tertiary/aromatic N) is 1. The van der Waals surface area contributed by atoms with Gasteiger partial charge in [0.1, 0.15) is 12.6 Å². The Hall–Kier alpha value is -3.35. The lowest BCUT2D eigenvalue weighted by atomic mass is 9.90. The second-order valence-corrected chi connectivity index (χ2v) is 10.1. The molecule has 1 aliphatic carbocycles. The molecule has 2 N–H and O–H groups in total. The summed E-state index contributed by atoms with van der Waals surface area (Å²) < 4.78 is 5.67. The molecule has 1 fully saturated rings. The Balaban J connectivity index is 1.42. The molecule has 7 nitrogen and oxygen atoms in total. The third-order valence-electron chi connectivity index (χ3n) is 7.15. The van der Waals surface area contributed by atoms with Gasteiger partial charge in [-0.1, -0.05) is 62.4 Å². The SMILES string of the molecule is CC(C)C[C@H](NC(=O)OCC1c2ccccc2-c2ccccc21)C(=O)N1CCC(C(=O)O)CC1C. The van der Waals surface area contributed by atoms with E-state index >= 15 is 0 Å². The van der Waals surface area contributed by atoms with E-state index in [1.807, 2.05) is 45.0 Å². The highest BCUT2D eigenvalue weighted by Crippen LogP contribution is 2.44. The first-order chi connectivity index (χ1) is 16.8. The fourth-order valence-corrected chi connectivity index (χ4v) is 5.40. The number of piperidine rings is 1. The van der Waals surface area contributed by atoms with Gasteiger partial charge in [0.25, 0.3) is 0 Å².